The van der Waals surface area contributed by atoms with Crippen LogP contribution in [0.2, 0.25) is 5.02 Å². The highest BCUT2D eigenvalue weighted by Crippen LogP contribution is 2.27. The lowest BCUT2D eigenvalue weighted by molar-refractivity contribution is 0.101. The summed E-state index contributed by atoms with van der Waals surface area (Å²) in [6, 6.07) is 15.3. The van der Waals surface area contributed by atoms with E-state index in [0.717, 1.165) is 43.0 Å². The Morgan fingerprint density at radius 2 is 1.79 bits per heavy atom. The number of carbonyl (C=O) groups excluding carboxylic acids is 1. The number of benzene rings is 2. The van der Waals surface area contributed by atoms with E-state index in [-0.39, 0.29) is 11.8 Å². The number of anilines is 1. The van der Waals surface area contributed by atoms with Gasteiger partial charge >= 0.3 is 0 Å². The van der Waals surface area contributed by atoms with Crippen molar-refractivity contribution in [3.05, 3.63) is 65.0 Å². The molecule has 1 saturated heterocycles. The van der Waals surface area contributed by atoms with E-state index in [1.165, 1.54) is 0 Å². The van der Waals surface area contributed by atoms with Crippen molar-refractivity contribution in [2.45, 2.75) is 19.9 Å². The predicted octanol–water partition coefficient (Wildman–Crippen LogP) is 4.48. The van der Waals surface area contributed by atoms with E-state index >= 15 is 0 Å². The van der Waals surface area contributed by atoms with Crippen LogP contribution in [-0.2, 0) is 0 Å². The maximum Gasteiger partial charge on any atom is 0.247 e. The zero-order valence-corrected chi connectivity index (χ0v) is 17.3. The zero-order chi connectivity index (χ0) is 20.4. The maximum absolute atomic E-state index is 11.4. The number of carbonyl (C=O) groups is 1. The number of aromatic nitrogens is 2. The van der Waals surface area contributed by atoms with Crippen LogP contribution in [0.5, 0.6) is 0 Å². The monoisotopic (exact) mass is 410 g/mol. The molecule has 150 valence electrons. The second-order valence-corrected chi connectivity index (χ2v) is 7.69. The summed E-state index contributed by atoms with van der Waals surface area (Å²) in [5.41, 5.74) is 2.71. The minimum Gasteiger partial charge on any atom is -0.419 e. The fourth-order valence-electron chi connectivity index (χ4n) is 3.57. The maximum atomic E-state index is 11.4. The Balaban J connectivity index is 1.39. The van der Waals surface area contributed by atoms with Crippen molar-refractivity contribution in [2.24, 2.45) is 0 Å². The summed E-state index contributed by atoms with van der Waals surface area (Å²) < 4.78 is 5.92. The van der Waals surface area contributed by atoms with E-state index < -0.39 is 0 Å². The number of Topliss-reactive ketones (excluding diaryl/α,β-unsaturated/α-hetero) is 1. The first kappa shape index (κ1) is 19.6. The largest absolute Gasteiger partial charge is 0.419 e. The normalized spacial score (nSPS) is 16.0. The summed E-state index contributed by atoms with van der Waals surface area (Å²) in [7, 11) is 0. The Labute approximate surface area is 175 Å². The highest BCUT2D eigenvalue weighted by atomic mass is 35.5. The van der Waals surface area contributed by atoms with E-state index in [4.69, 9.17) is 16.0 Å². The van der Waals surface area contributed by atoms with Crippen LogP contribution in [0.3, 0.4) is 0 Å². The number of rotatable bonds is 5. The van der Waals surface area contributed by atoms with E-state index in [1.807, 2.05) is 48.5 Å². The average Bonchev–Trinajstić information content (AvgIpc) is 3.24. The third-order valence-corrected chi connectivity index (χ3v) is 5.61. The van der Waals surface area contributed by atoms with Crippen molar-refractivity contribution < 1.29 is 9.21 Å². The van der Waals surface area contributed by atoms with Gasteiger partial charge in [0.1, 0.15) is 0 Å². The van der Waals surface area contributed by atoms with Crippen molar-refractivity contribution in [1.29, 1.82) is 0 Å². The van der Waals surface area contributed by atoms with Gasteiger partial charge in [0.25, 0.3) is 0 Å². The second-order valence-electron chi connectivity index (χ2n) is 7.26. The molecule has 2 heterocycles. The van der Waals surface area contributed by atoms with Gasteiger partial charge in [0, 0.05) is 48.0 Å². The third-order valence-electron chi connectivity index (χ3n) is 5.37. The summed E-state index contributed by atoms with van der Waals surface area (Å²) in [5, 5.41) is 9.08. The summed E-state index contributed by atoms with van der Waals surface area (Å²) in [6.45, 7) is 7.27. The quantitative estimate of drug-likeness (QED) is 0.578. The Bertz CT molecular complexity index is 994. The van der Waals surface area contributed by atoms with E-state index in [0.29, 0.717) is 16.8 Å². The Morgan fingerprint density at radius 3 is 2.45 bits per heavy atom. The molecule has 0 aliphatic carbocycles. The van der Waals surface area contributed by atoms with Crippen LogP contribution >= 0.6 is 11.6 Å². The highest BCUT2D eigenvalue weighted by molar-refractivity contribution is 6.30. The standard InChI is InChI=1S/C22H23ClN4O2/c1-15(21-24-25-22(29-21)18-4-3-5-19(23)14-18)26-10-12-27(13-11-26)20-8-6-17(7-9-20)16(2)28/h3-9,14-15H,10-13H2,1-2H3/t15-/m1/s1. The summed E-state index contributed by atoms with van der Waals surface area (Å²) in [5.74, 6) is 1.18. The lowest BCUT2D eigenvalue weighted by Crippen LogP contribution is -2.47. The lowest BCUT2D eigenvalue weighted by atomic mass is 10.1. The van der Waals surface area contributed by atoms with Crippen LogP contribution in [0, 0.1) is 0 Å². The van der Waals surface area contributed by atoms with Crippen LogP contribution in [0.25, 0.3) is 11.5 Å². The van der Waals surface area contributed by atoms with Gasteiger partial charge in [-0.05, 0) is 56.3 Å². The van der Waals surface area contributed by atoms with Gasteiger partial charge in [-0.2, -0.15) is 0 Å². The van der Waals surface area contributed by atoms with Gasteiger partial charge in [0.15, 0.2) is 5.78 Å². The van der Waals surface area contributed by atoms with Gasteiger partial charge in [0.05, 0.1) is 6.04 Å². The zero-order valence-electron chi connectivity index (χ0n) is 16.5. The van der Waals surface area contributed by atoms with Crippen molar-refractivity contribution >= 4 is 23.1 Å². The Kier molecular flexibility index (Phi) is 5.65. The number of ketones is 1. The summed E-state index contributed by atoms with van der Waals surface area (Å²) >= 11 is 6.05. The van der Waals surface area contributed by atoms with Gasteiger partial charge in [-0.3, -0.25) is 9.69 Å². The van der Waals surface area contributed by atoms with Crippen molar-refractivity contribution in [3.8, 4) is 11.5 Å². The molecule has 0 spiro atoms. The molecule has 1 aliphatic heterocycles. The smallest absolute Gasteiger partial charge is 0.247 e. The first-order valence-electron chi connectivity index (χ1n) is 9.70. The summed E-state index contributed by atoms with van der Waals surface area (Å²) in [4.78, 5) is 16.1. The van der Waals surface area contributed by atoms with Crippen molar-refractivity contribution in [2.75, 3.05) is 31.1 Å². The molecule has 0 saturated carbocycles. The molecule has 1 aliphatic rings. The molecular formula is C22H23ClN4O2. The highest BCUT2D eigenvalue weighted by Gasteiger charge is 2.26. The number of halogens is 1. The summed E-state index contributed by atoms with van der Waals surface area (Å²) in [6.07, 6.45) is 0. The first-order chi connectivity index (χ1) is 14.0. The minimum atomic E-state index is 0.0395. The molecule has 0 radical (unpaired) electrons. The molecule has 3 aromatic rings. The van der Waals surface area contributed by atoms with Crippen LogP contribution in [0.1, 0.15) is 36.1 Å². The van der Waals surface area contributed by atoms with Crippen LogP contribution in [-0.4, -0.2) is 47.1 Å². The Morgan fingerprint density at radius 1 is 1.07 bits per heavy atom. The molecule has 1 atom stereocenters. The molecule has 0 N–H and O–H groups in total. The van der Waals surface area contributed by atoms with Gasteiger partial charge in [-0.1, -0.05) is 17.7 Å². The number of hydrogen-bond acceptors (Lipinski definition) is 6. The molecule has 0 bridgehead atoms. The van der Waals surface area contributed by atoms with Crippen molar-refractivity contribution in [1.82, 2.24) is 15.1 Å². The predicted molar refractivity (Wildman–Crippen MR) is 113 cm³/mol. The van der Waals surface area contributed by atoms with E-state index in [2.05, 4.69) is 26.9 Å². The molecular weight excluding hydrogens is 388 g/mol. The fourth-order valence-corrected chi connectivity index (χ4v) is 3.76. The van der Waals surface area contributed by atoms with Crippen LogP contribution < -0.4 is 4.90 Å². The third kappa shape index (κ3) is 4.33. The molecule has 6 nitrogen and oxygen atoms in total. The first-order valence-corrected chi connectivity index (χ1v) is 10.1. The minimum absolute atomic E-state index is 0.0395. The second kappa shape index (κ2) is 8.35. The molecule has 2 aromatic carbocycles. The number of nitrogens with zero attached hydrogens (tertiary/aromatic N) is 4. The molecule has 4 rings (SSSR count). The van der Waals surface area contributed by atoms with Crippen LogP contribution in [0.4, 0.5) is 5.69 Å². The van der Waals surface area contributed by atoms with Gasteiger partial charge in [-0.25, -0.2) is 0 Å². The molecule has 0 unspecified atom stereocenters. The molecule has 29 heavy (non-hydrogen) atoms. The average molecular weight is 411 g/mol. The van der Waals surface area contributed by atoms with E-state index in [1.54, 1.807) is 6.92 Å². The fraction of sp³-hybridized carbons (Fsp3) is 0.318. The molecule has 1 fully saturated rings. The number of hydrogen-bond donors (Lipinski definition) is 0. The topological polar surface area (TPSA) is 62.5 Å². The molecule has 1 aromatic heterocycles. The van der Waals surface area contributed by atoms with Gasteiger partial charge < -0.3 is 9.32 Å². The van der Waals surface area contributed by atoms with Gasteiger partial charge in [-0.15, -0.1) is 10.2 Å². The van der Waals surface area contributed by atoms with Gasteiger partial charge in [0.2, 0.25) is 11.8 Å². The Hall–Kier alpha value is -2.70. The number of piperazine rings is 1. The van der Waals surface area contributed by atoms with E-state index in [9.17, 15) is 4.79 Å². The SMILES string of the molecule is CC(=O)c1ccc(N2CCN([C@H](C)c3nnc(-c4cccc(Cl)c4)o3)CC2)cc1. The lowest BCUT2D eigenvalue weighted by Gasteiger charge is -2.38. The molecule has 0 amide bonds. The van der Waals surface area contributed by atoms with Crippen LogP contribution in [0.15, 0.2) is 52.9 Å². The van der Waals surface area contributed by atoms with Crippen molar-refractivity contribution in [3.63, 3.8) is 0 Å². The molecule has 7 heteroatoms.